The van der Waals surface area contributed by atoms with Gasteiger partial charge in [-0.15, -0.1) is 0 Å². The van der Waals surface area contributed by atoms with E-state index < -0.39 is 18.1 Å². The monoisotopic (exact) mass is 643 g/mol. The molecule has 0 saturated carbocycles. The second kappa shape index (κ2) is 38.7. The molecule has 1 atom stereocenters. The van der Waals surface area contributed by atoms with Gasteiger partial charge in [0.05, 0.1) is 12.7 Å². The number of ether oxygens (including phenoxy) is 3. The molecule has 0 rings (SSSR count). The topological polar surface area (TPSA) is 99.1 Å². The van der Waals surface area contributed by atoms with Crippen LogP contribution in [0.3, 0.4) is 0 Å². The molecule has 0 heterocycles. The van der Waals surface area contributed by atoms with Crippen molar-refractivity contribution < 1.29 is 33.7 Å². The third kappa shape index (κ3) is 42.5. The Bertz CT molecular complexity index is 606. The van der Waals surface area contributed by atoms with E-state index in [0.29, 0.717) is 19.4 Å². The van der Waals surface area contributed by atoms with Crippen molar-refractivity contribution in [2.24, 2.45) is 0 Å². The predicted molar refractivity (Wildman–Crippen MR) is 186 cm³/mol. The standard InChI is InChI=1S/C21H44O2.C17H30O5/c1-3-4-5-6-7-8-9-10-11-12-13-14-15-16-17-18-19-23-20-21(2)22;1-3-5-7-9-11-13-15(18)21-17(20)22-16(19)14-12-10-8-6-4-2/h21-22H,3-20H2,1-2H3;3-14H2,1-2H3. The number of carbonyl (C=O) groups excluding carboxylic acids is 3. The van der Waals surface area contributed by atoms with Crippen LogP contribution in [0.15, 0.2) is 0 Å². The van der Waals surface area contributed by atoms with Crippen molar-refractivity contribution >= 4 is 18.1 Å². The number of rotatable bonds is 31. The molecule has 0 spiro atoms. The highest BCUT2D eigenvalue weighted by atomic mass is 16.8. The number of carbonyl (C=O) groups is 3. The molecule has 7 heteroatoms. The Morgan fingerprint density at radius 2 is 0.756 bits per heavy atom. The predicted octanol–water partition coefficient (Wildman–Crippen LogP) is 11.6. The van der Waals surface area contributed by atoms with Gasteiger partial charge >= 0.3 is 18.1 Å². The van der Waals surface area contributed by atoms with E-state index in [2.05, 4.69) is 30.2 Å². The number of hydrogen-bond donors (Lipinski definition) is 1. The average Bonchev–Trinajstić information content (AvgIpc) is 3.00. The van der Waals surface area contributed by atoms with Crippen molar-refractivity contribution in [1.29, 1.82) is 0 Å². The van der Waals surface area contributed by atoms with Crippen molar-refractivity contribution in [2.45, 2.75) is 214 Å². The van der Waals surface area contributed by atoms with Gasteiger partial charge in [-0.1, -0.05) is 168 Å². The minimum atomic E-state index is -1.20. The van der Waals surface area contributed by atoms with Crippen LogP contribution in [0.1, 0.15) is 207 Å². The van der Waals surface area contributed by atoms with Crippen molar-refractivity contribution in [2.75, 3.05) is 13.2 Å². The molecule has 0 aliphatic heterocycles. The van der Waals surface area contributed by atoms with E-state index in [0.717, 1.165) is 64.4 Å². The van der Waals surface area contributed by atoms with Gasteiger partial charge in [-0.2, -0.15) is 0 Å². The fourth-order valence-electron chi connectivity index (χ4n) is 5.06. The molecule has 7 nitrogen and oxygen atoms in total. The lowest BCUT2D eigenvalue weighted by Crippen LogP contribution is -2.17. The summed E-state index contributed by atoms with van der Waals surface area (Å²) >= 11 is 0. The summed E-state index contributed by atoms with van der Waals surface area (Å²) in [7, 11) is 0. The van der Waals surface area contributed by atoms with E-state index in [1.807, 2.05) is 0 Å². The van der Waals surface area contributed by atoms with Gasteiger partial charge in [0.1, 0.15) is 0 Å². The van der Waals surface area contributed by atoms with E-state index in [-0.39, 0.29) is 18.9 Å². The van der Waals surface area contributed by atoms with Gasteiger partial charge in [-0.25, -0.2) is 4.79 Å². The maximum atomic E-state index is 11.4. The summed E-state index contributed by atoms with van der Waals surface area (Å²) in [5.41, 5.74) is 0. The van der Waals surface area contributed by atoms with Gasteiger partial charge in [0.25, 0.3) is 0 Å². The zero-order chi connectivity index (χ0) is 33.6. The second-order valence-corrected chi connectivity index (χ2v) is 12.8. The lowest BCUT2D eigenvalue weighted by atomic mass is 10.0. The third-order valence-corrected chi connectivity index (χ3v) is 7.86. The SMILES string of the molecule is CCCCCCCC(=O)OC(=O)OC(=O)CCCCCCC.CCCCCCCCCCCCCCCCCCOCC(C)O. The van der Waals surface area contributed by atoms with Crippen molar-refractivity contribution in [3.63, 3.8) is 0 Å². The normalized spacial score (nSPS) is 11.5. The quantitative estimate of drug-likeness (QED) is 0.0456. The minimum Gasteiger partial charge on any atom is -0.391 e. The largest absolute Gasteiger partial charge is 0.524 e. The molecule has 0 fully saturated rings. The zero-order valence-electron chi connectivity index (χ0n) is 30.2. The Morgan fingerprint density at radius 1 is 0.467 bits per heavy atom. The molecular formula is C38H74O7. The molecule has 0 aromatic heterocycles. The van der Waals surface area contributed by atoms with Gasteiger partial charge in [-0.3, -0.25) is 9.59 Å². The summed E-state index contributed by atoms with van der Waals surface area (Å²) in [6, 6.07) is 0. The Labute approximate surface area is 278 Å². The fourth-order valence-corrected chi connectivity index (χ4v) is 5.06. The minimum absolute atomic E-state index is 0.185. The van der Waals surface area contributed by atoms with Crippen LogP contribution in [0.4, 0.5) is 4.79 Å². The van der Waals surface area contributed by atoms with Crippen LogP contribution in [0, 0.1) is 0 Å². The lowest BCUT2D eigenvalue weighted by molar-refractivity contribution is -0.146. The first kappa shape index (κ1) is 45.7. The molecular weight excluding hydrogens is 568 g/mol. The first-order valence-corrected chi connectivity index (χ1v) is 19.1. The molecule has 0 aromatic carbocycles. The molecule has 0 aromatic rings. The van der Waals surface area contributed by atoms with Crippen LogP contribution in [0.25, 0.3) is 0 Å². The molecule has 0 bridgehead atoms. The van der Waals surface area contributed by atoms with Gasteiger partial charge in [0.15, 0.2) is 0 Å². The first-order valence-electron chi connectivity index (χ1n) is 19.1. The molecule has 268 valence electrons. The van der Waals surface area contributed by atoms with Crippen LogP contribution < -0.4 is 0 Å². The summed E-state index contributed by atoms with van der Waals surface area (Å²) in [5, 5.41) is 9.06. The summed E-state index contributed by atoms with van der Waals surface area (Å²) in [6.45, 7) is 9.58. The first-order chi connectivity index (χ1) is 21.9. The molecule has 0 aliphatic rings. The fraction of sp³-hybridized carbons (Fsp3) is 0.921. The van der Waals surface area contributed by atoms with Gasteiger partial charge in [-0.05, 0) is 26.2 Å². The maximum Gasteiger partial charge on any atom is 0.524 e. The number of hydrogen-bond acceptors (Lipinski definition) is 7. The molecule has 0 aliphatic carbocycles. The Kier molecular flexibility index (Phi) is 39.3. The van der Waals surface area contributed by atoms with Crippen LogP contribution in [0.2, 0.25) is 0 Å². The Hall–Kier alpha value is -1.47. The lowest BCUT2D eigenvalue weighted by Gasteiger charge is -2.06. The van der Waals surface area contributed by atoms with Crippen molar-refractivity contribution in [3.8, 4) is 0 Å². The van der Waals surface area contributed by atoms with Crippen molar-refractivity contribution in [3.05, 3.63) is 0 Å². The molecule has 45 heavy (non-hydrogen) atoms. The van der Waals surface area contributed by atoms with Crippen LogP contribution in [-0.2, 0) is 23.8 Å². The molecule has 1 unspecified atom stereocenters. The summed E-state index contributed by atoms with van der Waals surface area (Å²) in [6.07, 6.45) is 31.2. The van der Waals surface area contributed by atoms with Crippen LogP contribution in [0.5, 0.6) is 0 Å². The highest BCUT2D eigenvalue weighted by Crippen LogP contribution is 2.14. The smallest absolute Gasteiger partial charge is 0.391 e. The number of unbranched alkanes of at least 4 members (excludes halogenated alkanes) is 23. The van der Waals surface area contributed by atoms with E-state index in [1.165, 1.54) is 96.3 Å². The van der Waals surface area contributed by atoms with Gasteiger partial charge < -0.3 is 19.3 Å². The molecule has 0 amide bonds. The maximum absolute atomic E-state index is 11.4. The average molecular weight is 643 g/mol. The summed E-state index contributed by atoms with van der Waals surface area (Å²) < 4.78 is 14.3. The van der Waals surface area contributed by atoms with E-state index >= 15 is 0 Å². The highest BCUT2D eigenvalue weighted by molar-refractivity contribution is 5.88. The summed E-state index contributed by atoms with van der Waals surface area (Å²) in [5.74, 6) is -1.26. The van der Waals surface area contributed by atoms with Crippen LogP contribution in [-0.4, -0.2) is 42.5 Å². The highest BCUT2D eigenvalue weighted by Gasteiger charge is 2.15. The third-order valence-electron chi connectivity index (χ3n) is 7.86. The van der Waals surface area contributed by atoms with Gasteiger partial charge in [0, 0.05) is 19.4 Å². The second-order valence-electron chi connectivity index (χ2n) is 12.8. The molecule has 1 N–H and O–H groups in total. The van der Waals surface area contributed by atoms with E-state index in [1.54, 1.807) is 6.92 Å². The van der Waals surface area contributed by atoms with Crippen LogP contribution >= 0.6 is 0 Å². The Morgan fingerprint density at radius 3 is 1.07 bits per heavy atom. The number of esters is 2. The van der Waals surface area contributed by atoms with E-state index in [4.69, 9.17) is 9.84 Å². The Balaban J connectivity index is 0. The van der Waals surface area contributed by atoms with Crippen molar-refractivity contribution in [1.82, 2.24) is 0 Å². The molecule has 0 radical (unpaired) electrons. The summed E-state index contributed by atoms with van der Waals surface area (Å²) in [4.78, 5) is 34.0. The van der Waals surface area contributed by atoms with Gasteiger partial charge in [0.2, 0.25) is 0 Å². The molecule has 0 saturated heterocycles. The number of aliphatic hydroxyl groups excluding tert-OH is 1. The zero-order valence-corrected chi connectivity index (χ0v) is 30.2. The number of aliphatic hydroxyl groups is 1. The van der Waals surface area contributed by atoms with E-state index in [9.17, 15) is 14.4 Å².